The molecule has 1 unspecified atom stereocenters. The molecular weight excluding hydrogens is 293 g/mol. The van der Waals surface area contributed by atoms with E-state index in [2.05, 4.69) is 15.4 Å². The number of nitrogens with zero attached hydrogens (tertiary/aromatic N) is 2. The van der Waals surface area contributed by atoms with E-state index in [1.165, 1.54) is 13.3 Å². The zero-order valence-corrected chi connectivity index (χ0v) is 11.1. The maximum absolute atomic E-state index is 12.6. The Morgan fingerprint density at radius 3 is 2.70 bits per heavy atom. The molecule has 0 spiro atoms. The molecule has 2 rings (SSSR count). The number of methoxy groups -OCH3 is 1. The van der Waals surface area contributed by atoms with Gasteiger partial charge in [0, 0.05) is 22.8 Å². The number of nitrogens with two attached hydrogens (primary N) is 1. The summed E-state index contributed by atoms with van der Waals surface area (Å²) in [7, 11) is 1.42. The lowest BCUT2D eigenvalue weighted by Gasteiger charge is -2.16. The summed E-state index contributed by atoms with van der Waals surface area (Å²) in [6, 6.07) is 2.64. The Morgan fingerprint density at radius 2 is 2.15 bits per heavy atom. The number of hydrazine groups is 1. The van der Waals surface area contributed by atoms with Crippen LogP contribution in [0.5, 0.6) is 5.88 Å². The van der Waals surface area contributed by atoms with Crippen LogP contribution in [0.15, 0.2) is 24.5 Å². The van der Waals surface area contributed by atoms with Gasteiger partial charge in [-0.25, -0.2) is 15.4 Å². The number of rotatable bonds is 4. The van der Waals surface area contributed by atoms with Crippen LogP contribution < -0.4 is 16.0 Å². The number of halogens is 3. The molecule has 0 radical (unpaired) electrons. The number of nitrogens with one attached hydrogen (secondary N) is 1. The minimum Gasteiger partial charge on any atom is -0.481 e. The van der Waals surface area contributed by atoms with Gasteiger partial charge in [-0.15, -0.1) is 11.3 Å². The molecule has 3 N–H and O–H groups in total. The molecule has 2 heterocycles. The lowest BCUT2D eigenvalue weighted by atomic mass is 10.1. The molecule has 5 nitrogen and oxygen atoms in total. The van der Waals surface area contributed by atoms with Gasteiger partial charge >= 0.3 is 6.18 Å². The lowest BCUT2D eigenvalue weighted by Crippen LogP contribution is -2.28. The van der Waals surface area contributed by atoms with Crippen LogP contribution in [0.1, 0.15) is 21.5 Å². The van der Waals surface area contributed by atoms with E-state index in [0.717, 1.165) is 6.20 Å². The molecule has 2 aromatic heterocycles. The Bertz CT molecular complexity index is 587. The van der Waals surface area contributed by atoms with Crippen molar-refractivity contribution in [2.24, 2.45) is 5.84 Å². The highest BCUT2D eigenvalue weighted by atomic mass is 32.1. The summed E-state index contributed by atoms with van der Waals surface area (Å²) in [4.78, 5) is 7.69. The van der Waals surface area contributed by atoms with Crippen LogP contribution in [0.3, 0.4) is 0 Å². The number of alkyl halides is 3. The number of thiazole rings is 1. The molecule has 0 saturated heterocycles. The highest BCUT2D eigenvalue weighted by Gasteiger charge is 2.35. The van der Waals surface area contributed by atoms with Crippen LogP contribution in [-0.2, 0) is 6.18 Å². The van der Waals surface area contributed by atoms with E-state index >= 15 is 0 Å². The molecule has 0 saturated carbocycles. The SMILES string of the molecule is COc1ncccc1C(NN)c1cnc(C(F)(F)F)s1. The predicted molar refractivity (Wildman–Crippen MR) is 67.1 cm³/mol. The normalized spacial score (nSPS) is 13.2. The van der Waals surface area contributed by atoms with E-state index in [1.807, 2.05) is 0 Å². The van der Waals surface area contributed by atoms with E-state index in [1.54, 1.807) is 12.1 Å². The van der Waals surface area contributed by atoms with E-state index in [4.69, 9.17) is 10.6 Å². The lowest BCUT2D eigenvalue weighted by molar-refractivity contribution is -0.137. The predicted octanol–water partition coefficient (Wildman–Crippen LogP) is 2.12. The summed E-state index contributed by atoms with van der Waals surface area (Å²) < 4.78 is 42.8. The fraction of sp³-hybridized carbons (Fsp3) is 0.273. The van der Waals surface area contributed by atoms with Crippen molar-refractivity contribution in [2.45, 2.75) is 12.2 Å². The molecule has 0 aliphatic rings. The molecular formula is C11H11F3N4OS. The average Bonchev–Trinajstić information content (AvgIpc) is 2.90. The fourth-order valence-corrected chi connectivity index (χ4v) is 2.53. The third-order valence-corrected chi connectivity index (χ3v) is 3.63. The second kappa shape index (κ2) is 5.73. The van der Waals surface area contributed by atoms with Crippen LogP contribution in [-0.4, -0.2) is 17.1 Å². The minimum absolute atomic E-state index is 0.289. The van der Waals surface area contributed by atoms with Gasteiger partial charge < -0.3 is 4.74 Å². The van der Waals surface area contributed by atoms with Crippen molar-refractivity contribution >= 4 is 11.3 Å². The standard InChI is InChI=1S/C11H11F3N4OS/c1-19-9-6(3-2-4-16-9)8(18-15)7-5-17-10(20-7)11(12,13)14/h2-5,8,18H,15H2,1H3. The molecule has 108 valence electrons. The first-order valence-electron chi connectivity index (χ1n) is 5.45. The first kappa shape index (κ1) is 14.7. The van der Waals surface area contributed by atoms with Gasteiger partial charge in [-0.2, -0.15) is 13.2 Å². The van der Waals surface area contributed by atoms with E-state index in [0.29, 0.717) is 21.8 Å². The Hall–Kier alpha value is -1.71. The van der Waals surface area contributed by atoms with Gasteiger partial charge in [0.2, 0.25) is 5.88 Å². The third kappa shape index (κ3) is 2.89. The molecule has 9 heteroatoms. The first-order chi connectivity index (χ1) is 9.47. The van der Waals surface area contributed by atoms with E-state index < -0.39 is 17.2 Å². The van der Waals surface area contributed by atoms with Crippen molar-refractivity contribution < 1.29 is 17.9 Å². The summed E-state index contributed by atoms with van der Waals surface area (Å²) in [5, 5.41) is -0.921. The Morgan fingerprint density at radius 1 is 1.40 bits per heavy atom. The number of hydrogen-bond acceptors (Lipinski definition) is 6. The zero-order chi connectivity index (χ0) is 14.8. The topological polar surface area (TPSA) is 73.1 Å². The molecule has 1 atom stereocenters. The van der Waals surface area contributed by atoms with E-state index in [9.17, 15) is 13.2 Å². The number of ether oxygens (including phenoxy) is 1. The molecule has 0 aliphatic carbocycles. The maximum Gasteiger partial charge on any atom is 0.443 e. The van der Waals surface area contributed by atoms with Crippen LogP contribution in [0.25, 0.3) is 0 Å². The van der Waals surface area contributed by atoms with Crippen LogP contribution >= 0.6 is 11.3 Å². The Balaban J connectivity index is 2.40. The van der Waals surface area contributed by atoms with Crippen LogP contribution in [0.2, 0.25) is 0 Å². The summed E-state index contributed by atoms with van der Waals surface area (Å²) in [5.41, 5.74) is 2.99. The second-order valence-electron chi connectivity index (χ2n) is 3.77. The minimum atomic E-state index is -4.47. The molecule has 0 amide bonds. The van der Waals surface area contributed by atoms with Crippen molar-refractivity contribution in [3.8, 4) is 5.88 Å². The fourth-order valence-electron chi connectivity index (χ4n) is 1.67. The summed E-state index contributed by atoms with van der Waals surface area (Å²) >= 11 is 0.525. The Labute approximate surface area is 116 Å². The van der Waals surface area contributed by atoms with Crippen LogP contribution in [0.4, 0.5) is 13.2 Å². The second-order valence-corrected chi connectivity index (χ2v) is 4.83. The van der Waals surface area contributed by atoms with Crippen molar-refractivity contribution in [1.29, 1.82) is 0 Å². The zero-order valence-electron chi connectivity index (χ0n) is 10.3. The molecule has 0 aliphatic heterocycles. The molecule has 0 bridgehead atoms. The largest absolute Gasteiger partial charge is 0.481 e. The third-order valence-electron chi connectivity index (χ3n) is 2.52. The molecule has 20 heavy (non-hydrogen) atoms. The molecule has 0 fully saturated rings. The van der Waals surface area contributed by atoms with Crippen LogP contribution in [0, 0.1) is 0 Å². The monoisotopic (exact) mass is 304 g/mol. The quantitative estimate of drug-likeness (QED) is 0.668. The van der Waals surface area contributed by atoms with Crippen molar-refractivity contribution in [2.75, 3.05) is 7.11 Å². The van der Waals surface area contributed by atoms with Crippen molar-refractivity contribution in [3.05, 3.63) is 40.0 Å². The van der Waals surface area contributed by atoms with Crippen molar-refractivity contribution in [3.63, 3.8) is 0 Å². The number of pyridine rings is 1. The summed E-state index contributed by atoms with van der Waals surface area (Å²) in [6.07, 6.45) is -1.81. The van der Waals surface area contributed by atoms with E-state index in [-0.39, 0.29) is 5.88 Å². The Kier molecular flexibility index (Phi) is 4.21. The number of aromatic nitrogens is 2. The first-order valence-corrected chi connectivity index (χ1v) is 6.27. The summed E-state index contributed by atoms with van der Waals surface area (Å²) in [5.74, 6) is 5.73. The molecule has 2 aromatic rings. The van der Waals surface area contributed by atoms with Gasteiger partial charge in [0.25, 0.3) is 0 Å². The maximum atomic E-state index is 12.6. The van der Waals surface area contributed by atoms with Gasteiger partial charge in [0.15, 0.2) is 5.01 Å². The number of hydrogen-bond donors (Lipinski definition) is 2. The molecule has 0 aromatic carbocycles. The van der Waals surface area contributed by atoms with Crippen molar-refractivity contribution in [1.82, 2.24) is 15.4 Å². The highest BCUT2D eigenvalue weighted by molar-refractivity contribution is 7.11. The van der Waals surface area contributed by atoms with Gasteiger partial charge in [0.05, 0.1) is 13.2 Å². The van der Waals surface area contributed by atoms with Gasteiger partial charge in [-0.05, 0) is 6.07 Å². The average molecular weight is 304 g/mol. The van der Waals surface area contributed by atoms with Gasteiger partial charge in [-0.1, -0.05) is 6.07 Å². The van der Waals surface area contributed by atoms with Gasteiger partial charge in [0.1, 0.15) is 0 Å². The smallest absolute Gasteiger partial charge is 0.443 e. The highest BCUT2D eigenvalue weighted by Crippen LogP contribution is 2.37. The van der Waals surface area contributed by atoms with Gasteiger partial charge in [-0.3, -0.25) is 5.84 Å². The summed E-state index contributed by atoms with van der Waals surface area (Å²) in [6.45, 7) is 0.